The predicted octanol–water partition coefficient (Wildman–Crippen LogP) is 3.34. The van der Waals surface area contributed by atoms with Crippen LogP contribution < -0.4 is 19.9 Å². The van der Waals surface area contributed by atoms with E-state index in [9.17, 15) is 4.79 Å². The number of ether oxygens (including phenoxy) is 1. The van der Waals surface area contributed by atoms with Crippen molar-refractivity contribution in [3.8, 4) is 5.75 Å². The molecule has 1 aromatic heterocycles. The summed E-state index contributed by atoms with van der Waals surface area (Å²) in [6.45, 7) is 8.57. The normalized spacial score (nSPS) is 13.9. The summed E-state index contributed by atoms with van der Waals surface area (Å²) in [7, 11) is 1.56. The third-order valence-corrected chi connectivity index (χ3v) is 5.25. The molecule has 8 nitrogen and oxygen atoms in total. The number of piperazine rings is 1. The molecule has 1 aromatic carbocycles. The number of hydrogen-bond acceptors (Lipinski definition) is 6. The molecule has 0 radical (unpaired) electrons. The number of anilines is 3. The van der Waals surface area contributed by atoms with E-state index in [0.717, 1.165) is 24.7 Å². The van der Waals surface area contributed by atoms with Crippen molar-refractivity contribution in [2.45, 2.75) is 13.8 Å². The van der Waals surface area contributed by atoms with E-state index in [1.807, 2.05) is 12.1 Å². The molecule has 0 atom stereocenters. The molecule has 1 aliphatic rings. The molecule has 0 unspecified atom stereocenters. The first-order valence-electron chi connectivity index (χ1n) is 9.78. The highest BCUT2D eigenvalue weighted by atomic mass is 35.5. The summed E-state index contributed by atoms with van der Waals surface area (Å²) < 4.78 is 5.29. The number of urea groups is 1. The van der Waals surface area contributed by atoms with Crippen molar-refractivity contribution in [1.29, 1.82) is 0 Å². The van der Waals surface area contributed by atoms with Gasteiger partial charge < -0.3 is 24.8 Å². The lowest BCUT2D eigenvalue weighted by atomic mass is 10.3. The number of aromatic nitrogens is 2. The summed E-state index contributed by atoms with van der Waals surface area (Å²) in [5.74, 6) is 2.29. The van der Waals surface area contributed by atoms with Crippen LogP contribution in [-0.4, -0.2) is 67.5 Å². The van der Waals surface area contributed by atoms with Gasteiger partial charge in [0.2, 0.25) is 0 Å². The smallest absolute Gasteiger partial charge is 0.322 e. The maximum atomic E-state index is 12.6. The number of halogens is 1. The van der Waals surface area contributed by atoms with Crippen LogP contribution in [0.5, 0.6) is 5.75 Å². The highest BCUT2D eigenvalue weighted by Crippen LogP contribution is 2.28. The molecule has 1 aliphatic heterocycles. The molecule has 0 spiro atoms. The number of nitrogens with zero attached hydrogens (tertiary/aromatic N) is 5. The van der Waals surface area contributed by atoms with Crippen LogP contribution in [0.2, 0.25) is 5.02 Å². The number of amides is 2. The molecule has 1 saturated heterocycles. The van der Waals surface area contributed by atoms with Crippen LogP contribution in [0.25, 0.3) is 0 Å². The minimum atomic E-state index is -0.173. The number of methoxy groups -OCH3 is 1. The van der Waals surface area contributed by atoms with Crippen LogP contribution >= 0.6 is 11.6 Å². The second kappa shape index (κ2) is 9.65. The van der Waals surface area contributed by atoms with E-state index in [2.05, 4.69) is 39.2 Å². The lowest BCUT2D eigenvalue weighted by Gasteiger charge is -2.35. The largest absolute Gasteiger partial charge is 0.495 e. The highest BCUT2D eigenvalue weighted by Gasteiger charge is 2.23. The fourth-order valence-electron chi connectivity index (χ4n) is 3.31. The summed E-state index contributed by atoms with van der Waals surface area (Å²) in [6.07, 6.45) is 0. The topological polar surface area (TPSA) is 73.8 Å². The van der Waals surface area contributed by atoms with Crippen molar-refractivity contribution < 1.29 is 9.53 Å². The fraction of sp³-hybridized carbons (Fsp3) is 0.450. The van der Waals surface area contributed by atoms with Gasteiger partial charge in [0.05, 0.1) is 12.8 Å². The van der Waals surface area contributed by atoms with Gasteiger partial charge in [-0.1, -0.05) is 11.6 Å². The van der Waals surface area contributed by atoms with Crippen molar-refractivity contribution in [2.24, 2.45) is 0 Å². The van der Waals surface area contributed by atoms with Crippen LogP contribution in [-0.2, 0) is 0 Å². The summed E-state index contributed by atoms with van der Waals surface area (Å²) in [5, 5.41) is 12.1. The molecule has 1 N–H and O–H groups in total. The molecule has 0 saturated carbocycles. The number of hydrogen-bond donors (Lipinski definition) is 1. The number of benzene rings is 1. The minimum absolute atomic E-state index is 0.173. The Balaban J connectivity index is 1.57. The van der Waals surface area contributed by atoms with Crippen molar-refractivity contribution in [2.75, 3.05) is 61.5 Å². The predicted molar refractivity (Wildman–Crippen MR) is 116 cm³/mol. The number of carbonyl (C=O) groups is 1. The quantitative estimate of drug-likeness (QED) is 0.775. The maximum absolute atomic E-state index is 12.6. The van der Waals surface area contributed by atoms with Crippen molar-refractivity contribution in [1.82, 2.24) is 15.1 Å². The molecule has 156 valence electrons. The highest BCUT2D eigenvalue weighted by molar-refractivity contribution is 6.31. The fourth-order valence-corrected chi connectivity index (χ4v) is 3.49. The molecular weight excluding hydrogens is 392 g/mol. The zero-order chi connectivity index (χ0) is 20.8. The molecule has 29 heavy (non-hydrogen) atoms. The van der Waals surface area contributed by atoms with Crippen molar-refractivity contribution >= 4 is 35.0 Å². The van der Waals surface area contributed by atoms with Gasteiger partial charge in [0, 0.05) is 44.3 Å². The van der Waals surface area contributed by atoms with Gasteiger partial charge in [0.25, 0.3) is 0 Å². The monoisotopic (exact) mass is 418 g/mol. The van der Waals surface area contributed by atoms with E-state index in [1.165, 1.54) is 0 Å². The summed E-state index contributed by atoms with van der Waals surface area (Å²) in [4.78, 5) is 18.7. The Morgan fingerprint density at radius 3 is 2.45 bits per heavy atom. The first kappa shape index (κ1) is 21.0. The zero-order valence-electron chi connectivity index (χ0n) is 17.1. The maximum Gasteiger partial charge on any atom is 0.322 e. The lowest BCUT2D eigenvalue weighted by Crippen LogP contribution is -2.50. The molecule has 9 heteroatoms. The Morgan fingerprint density at radius 1 is 1.14 bits per heavy atom. The van der Waals surface area contributed by atoms with E-state index in [0.29, 0.717) is 42.6 Å². The number of rotatable bonds is 6. The molecule has 2 heterocycles. The minimum Gasteiger partial charge on any atom is -0.495 e. The summed E-state index contributed by atoms with van der Waals surface area (Å²) >= 11 is 6.04. The molecule has 2 amide bonds. The second-order valence-electron chi connectivity index (χ2n) is 6.67. The van der Waals surface area contributed by atoms with Crippen molar-refractivity contribution in [3.05, 3.63) is 35.4 Å². The summed E-state index contributed by atoms with van der Waals surface area (Å²) in [6, 6.07) is 8.96. The van der Waals surface area contributed by atoms with E-state index in [1.54, 1.807) is 30.2 Å². The van der Waals surface area contributed by atoms with Crippen LogP contribution in [0, 0.1) is 0 Å². The average molecular weight is 419 g/mol. The lowest BCUT2D eigenvalue weighted by molar-refractivity contribution is 0.208. The van der Waals surface area contributed by atoms with E-state index >= 15 is 0 Å². The molecular formula is C20H27ClN6O2. The Labute approximate surface area is 176 Å². The van der Waals surface area contributed by atoms with Gasteiger partial charge in [0.1, 0.15) is 5.75 Å². The van der Waals surface area contributed by atoms with E-state index < -0.39 is 0 Å². The van der Waals surface area contributed by atoms with E-state index in [4.69, 9.17) is 16.3 Å². The SMILES string of the molecule is CCN(CC)c1ccc(N2CCN(C(=O)Nc3cc(Cl)ccc3OC)CC2)nn1. The Morgan fingerprint density at radius 2 is 1.86 bits per heavy atom. The first-order valence-corrected chi connectivity index (χ1v) is 10.2. The first-order chi connectivity index (χ1) is 14.0. The molecule has 3 rings (SSSR count). The van der Waals surface area contributed by atoms with Gasteiger partial charge >= 0.3 is 6.03 Å². The van der Waals surface area contributed by atoms with Gasteiger partial charge in [-0.15, -0.1) is 10.2 Å². The molecule has 1 fully saturated rings. The van der Waals surface area contributed by atoms with Gasteiger partial charge in [0.15, 0.2) is 11.6 Å². The Bertz CT molecular complexity index is 820. The third kappa shape index (κ3) is 5.00. The van der Waals surface area contributed by atoms with Crippen LogP contribution in [0.1, 0.15) is 13.8 Å². The molecule has 0 aliphatic carbocycles. The number of nitrogens with one attached hydrogen (secondary N) is 1. The average Bonchev–Trinajstić information content (AvgIpc) is 2.75. The second-order valence-corrected chi connectivity index (χ2v) is 7.11. The van der Waals surface area contributed by atoms with Gasteiger partial charge in [-0.05, 0) is 44.2 Å². The van der Waals surface area contributed by atoms with Gasteiger partial charge in [-0.3, -0.25) is 0 Å². The van der Waals surface area contributed by atoms with Crippen LogP contribution in [0.15, 0.2) is 30.3 Å². The molecule has 2 aromatic rings. The van der Waals surface area contributed by atoms with Gasteiger partial charge in [-0.25, -0.2) is 4.79 Å². The zero-order valence-corrected chi connectivity index (χ0v) is 17.8. The molecule has 0 bridgehead atoms. The van der Waals surface area contributed by atoms with Crippen LogP contribution in [0.3, 0.4) is 0 Å². The third-order valence-electron chi connectivity index (χ3n) is 5.02. The van der Waals surface area contributed by atoms with E-state index in [-0.39, 0.29) is 6.03 Å². The standard InChI is InChI=1S/C20H27ClN6O2/c1-4-25(5-2)18-8-9-19(24-23-18)26-10-12-27(13-11-26)20(28)22-16-14-15(21)6-7-17(16)29-3/h6-9,14H,4-5,10-13H2,1-3H3,(H,22,28). The number of carbonyl (C=O) groups excluding carboxylic acids is 1. The van der Waals surface area contributed by atoms with Crippen LogP contribution in [0.4, 0.5) is 22.1 Å². The van der Waals surface area contributed by atoms with Crippen molar-refractivity contribution in [3.63, 3.8) is 0 Å². The Hall–Kier alpha value is -2.74. The summed E-state index contributed by atoms with van der Waals surface area (Å²) in [5.41, 5.74) is 0.560. The van der Waals surface area contributed by atoms with Gasteiger partial charge in [-0.2, -0.15) is 0 Å². The Kier molecular flexibility index (Phi) is 6.98.